The van der Waals surface area contributed by atoms with Gasteiger partial charge in [0.1, 0.15) is 5.76 Å². The van der Waals surface area contributed by atoms with E-state index in [1.54, 1.807) is 12.4 Å². The van der Waals surface area contributed by atoms with Crippen molar-refractivity contribution < 1.29 is 14.1 Å². The molecule has 0 atom stereocenters. The Morgan fingerprint density at radius 2 is 1.82 bits per heavy atom. The van der Waals surface area contributed by atoms with E-state index in [1.165, 1.54) is 0 Å². The van der Waals surface area contributed by atoms with Crippen molar-refractivity contribution in [2.45, 2.75) is 57.0 Å². The van der Waals surface area contributed by atoms with Gasteiger partial charge in [-0.15, -0.1) is 0 Å². The molecule has 0 radical (unpaired) electrons. The van der Waals surface area contributed by atoms with Gasteiger partial charge in [0.15, 0.2) is 0 Å². The first-order valence-electron chi connectivity index (χ1n) is 13.5. The summed E-state index contributed by atoms with van der Waals surface area (Å²) in [6, 6.07) is 10.1. The quantitative estimate of drug-likeness (QED) is 0.433. The Bertz CT molecular complexity index is 1630. The summed E-state index contributed by atoms with van der Waals surface area (Å²) >= 11 is 0. The van der Waals surface area contributed by atoms with Gasteiger partial charge in [-0.2, -0.15) is 0 Å². The second-order valence-electron chi connectivity index (χ2n) is 11.2. The summed E-state index contributed by atoms with van der Waals surface area (Å²) in [5, 5.41) is 6.24. The van der Waals surface area contributed by atoms with Crippen molar-refractivity contribution in [3.05, 3.63) is 71.6 Å². The first-order valence-corrected chi connectivity index (χ1v) is 13.5. The molecule has 198 valence electrons. The lowest BCUT2D eigenvalue weighted by Gasteiger charge is -2.39. The van der Waals surface area contributed by atoms with E-state index >= 15 is 0 Å². The Morgan fingerprint density at radius 3 is 2.54 bits per heavy atom. The Labute approximate surface area is 226 Å². The Hall–Kier alpha value is -4.11. The fourth-order valence-electron chi connectivity index (χ4n) is 6.48. The summed E-state index contributed by atoms with van der Waals surface area (Å²) in [5.41, 5.74) is 9.98. The van der Waals surface area contributed by atoms with Gasteiger partial charge in [-0.05, 0) is 56.5 Å². The predicted molar refractivity (Wildman–Crippen MR) is 146 cm³/mol. The molecule has 0 unspecified atom stereocenters. The van der Waals surface area contributed by atoms with Gasteiger partial charge in [0.2, 0.25) is 11.8 Å². The molecule has 3 aromatic heterocycles. The van der Waals surface area contributed by atoms with Crippen LogP contribution < -0.4 is 10.6 Å². The van der Waals surface area contributed by atoms with Crippen LogP contribution in [0.3, 0.4) is 0 Å². The summed E-state index contributed by atoms with van der Waals surface area (Å²) in [6.07, 6.45) is 7.97. The molecule has 1 saturated carbocycles. The van der Waals surface area contributed by atoms with Crippen LogP contribution in [0.5, 0.6) is 0 Å². The number of amides is 2. The van der Waals surface area contributed by atoms with E-state index in [9.17, 15) is 9.59 Å². The molecule has 4 aromatic rings. The lowest BCUT2D eigenvalue weighted by molar-refractivity contribution is -0.137. The molecule has 3 aliphatic rings. The van der Waals surface area contributed by atoms with E-state index in [-0.39, 0.29) is 18.4 Å². The SMILES string of the molecule is Cc1noc(C)c1-c1c(CN2C(=O)C3(CCN(C(=O)C4(N)CC4)CC3)c3ccncc32)ncc2ccccc12. The van der Waals surface area contributed by atoms with Crippen molar-refractivity contribution in [3.8, 4) is 11.1 Å². The molecule has 39 heavy (non-hydrogen) atoms. The van der Waals surface area contributed by atoms with Crippen LogP contribution >= 0.6 is 0 Å². The number of likely N-dealkylation sites (tertiary alicyclic amines) is 1. The maximum Gasteiger partial charge on any atom is 0.242 e. The van der Waals surface area contributed by atoms with Crippen LogP contribution in [-0.4, -0.2) is 50.5 Å². The van der Waals surface area contributed by atoms with Crippen LogP contribution in [-0.2, 0) is 21.5 Å². The number of piperidine rings is 1. The van der Waals surface area contributed by atoms with Gasteiger partial charge < -0.3 is 20.1 Å². The van der Waals surface area contributed by atoms with Gasteiger partial charge in [0.05, 0.1) is 40.8 Å². The smallest absolute Gasteiger partial charge is 0.242 e. The third-order valence-electron chi connectivity index (χ3n) is 8.85. The predicted octanol–water partition coefficient (Wildman–Crippen LogP) is 3.80. The van der Waals surface area contributed by atoms with Crippen molar-refractivity contribution >= 4 is 28.3 Å². The highest BCUT2D eigenvalue weighted by Gasteiger charge is 2.55. The minimum Gasteiger partial charge on any atom is -0.361 e. The van der Waals surface area contributed by atoms with Crippen LogP contribution in [0.25, 0.3) is 21.9 Å². The molecule has 2 amide bonds. The van der Waals surface area contributed by atoms with Gasteiger partial charge >= 0.3 is 0 Å². The summed E-state index contributed by atoms with van der Waals surface area (Å²) in [5.74, 6) is 0.758. The van der Waals surface area contributed by atoms with Crippen LogP contribution in [0, 0.1) is 13.8 Å². The Morgan fingerprint density at radius 1 is 1.05 bits per heavy atom. The van der Waals surface area contributed by atoms with Crippen molar-refractivity contribution in [2.24, 2.45) is 5.73 Å². The highest BCUT2D eigenvalue weighted by atomic mass is 16.5. The summed E-state index contributed by atoms with van der Waals surface area (Å²) in [7, 11) is 0. The number of carbonyl (C=O) groups excluding carboxylic acids is 2. The number of anilines is 1. The largest absolute Gasteiger partial charge is 0.361 e. The molecule has 1 aliphatic carbocycles. The number of benzene rings is 1. The lowest BCUT2D eigenvalue weighted by atomic mass is 9.74. The number of hydrogen-bond donors (Lipinski definition) is 1. The fraction of sp³-hybridized carbons (Fsp3) is 0.367. The van der Waals surface area contributed by atoms with E-state index in [4.69, 9.17) is 15.2 Å². The first-order chi connectivity index (χ1) is 18.8. The summed E-state index contributed by atoms with van der Waals surface area (Å²) in [4.78, 5) is 40.1. The second-order valence-corrected chi connectivity index (χ2v) is 11.2. The minimum atomic E-state index is -0.700. The lowest BCUT2D eigenvalue weighted by Crippen LogP contribution is -2.54. The van der Waals surface area contributed by atoms with Crippen molar-refractivity contribution in [1.29, 1.82) is 0 Å². The fourth-order valence-corrected chi connectivity index (χ4v) is 6.48. The molecule has 7 rings (SSSR count). The molecule has 1 saturated heterocycles. The number of pyridine rings is 2. The zero-order valence-electron chi connectivity index (χ0n) is 22.1. The van der Waals surface area contributed by atoms with Gasteiger partial charge in [0, 0.05) is 42.0 Å². The number of rotatable bonds is 4. The monoisotopic (exact) mass is 522 g/mol. The van der Waals surface area contributed by atoms with Crippen LogP contribution in [0.15, 0.2) is 53.4 Å². The average molecular weight is 523 g/mol. The molecule has 9 nitrogen and oxygen atoms in total. The third-order valence-corrected chi connectivity index (χ3v) is 8.85. The average Bonchev–Trinajstić information content (AvgIpc) is 3.58. The topological polar surface area (TPSA) is 118 Å². The zero-order valence-corrected chi connectivity index (χ0v) is 22.1. The Kier molecular flexibility index (Phi) is 5.19. The van der Waals surface area contributed by atoms with E-state index in [2.05, 4.69) is 16.2 Å². The molecular formula is C30H30N6O3. The van der Waals surface area contributed by atoms with E-state index in [0.717, 1.165) is 57.4 Å². The number of carbonyl (C=O) groups is 2. The minimum absolute atomic E-state index is 0.0130. The molecule has 5 heterocycles. The number of aryl methyl sites for hydroxylation is 2. The van der Waals surface area contributed by atoms with Crippen LogP contribution in [0.2, 0.25) is 0 Å². The summed E-state index contributed by atoms with van der Waals surface area (Å²) < 4.78 is 5.54. The summed E-state index contributed by atoms with van der Waals surface area (Å²) in [6.45, 7) is 5.14. The molecule has 1 aromatic carbocycles. The maximum absolute atomic E-state index is 14.3. The molecule has 1 spiro atoms. The second kappa shape index (κ2) is 8.44. The number of hydrogen-bond acceptors (Lipinski definition) is 7. The van der Waals surface area contributed by atoms with Crippen molar-refractivity contribution in [1.82, 2.24) is 20.0 Å². The Balaban J connectivity index is 1.28. The number of aromatic nitrogens is 3. The van der Waals surface area contributed by atoms with Crippen LogP contribution in [0.4, 0.5) is 5.69 Å². The van der Waals surface area contributed by atoms with E-state index in [0.29, 0.717) is 31.7 Å². The zero-order chi connectivity index (χ0) is 26.9. The maximum atomic E-state index is 14.3. The number of nitrogens with two attached hydrogens (primary N) is 1. The first kappa shape index (κ1) is 24.0. The molecular weight excluding hydrogens is 492 g/mol. The molecule has 2 aliphatic heterocycles. The van der Waals surface area contributed by atoms with Gasteiger partial charge in [-0.1, -0.05) is 29.4 Å². The molecule has 2 N–H and O–H groups in total. The van der Waals surface area contributed by atoms with Crippen molar-refractivity contribution in [2.75, 3.05) is 18.0 Å². The highest BCUT2D eigenvalue weighted by Crippen LogP contribution is 2.49. The van der Waals surface area contributed by atoms with E-state index < -0.39 is 11.0 Å². The normalized spacial score (nSPS) is 19.1. The standard InChI is InChI=1S/C30H30N6O3/c1-18-25(19(2)39-34-18)26-21-6-4-3-5-20(21)15-33-23(26)17-36-24-16-32-12-7-22(24)29(27(36)37)10-13-35(14-11-29)28(38)30(31)8-9-30/h3-7,12,15-16H,8-11,13-14,17,31H2,1-2H3. The highest BCUT2D eigenvalue weighted by molar-refractivity contribution is 6.08. The van der Waals surface area contributed by atoms with Gasteiger partial charge in [-0.25, -0.2) is 0 Å². The van der Waals surface area contributed by atoms with Gasteiger partial charge in [0.25, 0.3) is 0 Å². The molecule has 2 fully saturated rings. The van der Waals surface area contributed by atoms with Gasteiger partial charge in [-0.3, -0.25) is 19.6 Å². The van der Waals surface area contributed by atoms with Crippen LogP contribution in [0.1, 0.15) is 48.4 Å². The van der Waals surface area contributed by atoms with E-state index in [1.807, 2.05) is 54.1 Å². The molecule has 0 bridgehead atoms. The molecule has 9 heteroatoms. The third kappa shape index (κ3) is 3.52. The number of nitrogens with zero attached hydrogens (tertiary/aromatic N) is 5. The number of fused-ring (bicyclic) bond motifs is 3. The van der Waals surface area contributed by atoms with Crippen molar-refractivity contribution in [3.63, 3.8) is 0 Å².